The highest BCUT2D eigenvalue weighted by molar-refractivity contribution is 5.41. The molecule has 0 atom stereocenters. The van der Waals surface area contributed by atoms with Gasteiger partial charge in [-0.1, -0.05) is 0 Å². The summed E-state index contributed by atoms with van der Waals surface area (Å²) in [6, 6.07) is 5.91. The first-order chi connectivity index (χ1) is 11.4. The molecule has 0 N–H and O–H groups in total. The average molecular weight is 334 g/mol. The van der Waals surface area contributed by atoms with E-state index in [1.165, 1.54) is 24.3 Å². The lowest BCUT2D eigenvalue weighted by Gasteiger charge is -2.14. The summed E-state index contributed by atoms with van der Waals surface area (Å²) in [4.78, 5) is 0. The van der Waals surface area contributed by atoms with E-state index in [4.69, 9.17) is 9.47 Å². The minimum atomic E-state index is -0.240. The summed E-state index contributed by atoms with van der Waals surface area (Å²) in [5.41, 5.74) is 3.23. The maximum atomic E-state index is 13.3. The van der Waals surface area contributed by atoms with Crippen molar-refractivity contribution in [1.29, 1.82) is 0 Å². The lowest BCUT2D eigenvalue weighted by molar-refractivity contribution is 0.263. The Kier molecular flexibility index (Phi) is 6.18. The van der Waals surface area contributed by atoms with Gasteiger partial charge in [0.25, 0.3) is 0 Å². The summed E-state index contributed by atoms with van der Waals surface area (Å²) in [5, 5.41) is 0. The molecule has 0 aliphatic rings. The Balaban J connectivity index is 1.77. The van der Waals surface area contributed by atoms with E-state index in [9.17, 15) is 8.78 Å². The predicted molar refractivity (Wildman–Crippen MR) is 92.0 cm³/mol. The minimum Gasteiger partial charge on any atom is -0.493 e. The Morgan fingerprint density at radius 2 is 0.917 bits per heavy atom. The highest BCUT2D eigenvalue weighted by atomic mass is 19.1. The van der Waals surface area contributed by atoms with Crippen LogP contribution in [0, 0.1) is 39.3 Å². The third-order valence-corrected chi connectivity index (χ3v) is 3.88. The Labute approximate surface area is 142 Å². The predicted octanol–water partition coefficient (Wildman–Crippen LogP) is 5.44. The van der Waals surface area contributed by atoms with E-state index < -0.39 is 0 Å². The van der Waals surface area contributed by atoms with Crippen molar-refractivity contribution in [2.45, 2.75) is 40.5 Å². The Morgan fingerprint density at radius 1 is 0.625 bits per heavy atom. The van der Waals surface area contributed by atoms with Crippen LogP contribution < -0.4 is 9.47 Å². The van der Waals surface area contributed by atoms with E-state index in [0.717, 1.165) is 46.6 Å². The summed E-state index contributed by atoms with van der Waals surface area (Å²) in [6.45, 7) is 8.47. The normalized spacial score (nSPS) is 10.8. The van der Waals surface area contributed by atoms with Crippen molar-refractivity contribution in [2.75, 3.05) is 13.2 Å². The number of ether oxygens (including phenoxy) is 2. The van der Waals surface area contributed by atoms with Crippen molar-refractivity contribution in [3.63, 3.8) is 0 Å². The maximum Gasteiger partial charge on any atom is 0.125 e. The molecule has 0 aliphatic heterocycles. The second kappa shape index (κ2) is 8.13. The Hall–Kier alpha value is -2.10. The van der Waals surface area contributed by atoms with Gasteiger partial charge in [-0.25, -0.2) is 8.78 Å². The largest absolute Gasteiger partial charge is 0.493 e. The highest BCUT2D eigenvalue weighted by Crippen LogP contribution is 2.25. The number of halogens is 2. The number of rotatable bonds is 7. The zero-order valence-corrected chi connectivity index (χ0v) is 14.7. The Bertz CT molecular complexity index is 603. The molecule has 0 bridgehead atoms. The molecule has 0 fully saturated rings. The molecule has 0 unspecified atom stereocenters. The van der Waals surface area contributed by atoms with E-state index in [-0.39, 0.29) is 11.6 Å². The molecular formula is C20H24F2O2. The zero-order chi connectivity index (χ0) is 17.7. The fraction of sp³-hybridized carbons (Fsp3) is 0.400. The van der Waals surface area contributed by atoms with Crippen molar-refractivity contribution in [3.05, 3.63) is 58.2 Å². The molecule has 2 aromatic rings. The smallest absolute Gasteiger partial charge is 0.125 e. The number of benzene rings is 2. The molecule has 130 valence electrons. The lowest BCUT2D eigenvalue weighted by atomic mass is 10.1. The lowest BCUT2D eigenvalue weighted by Crippen LogP contribution is -2.05. The zero-order valence-electron chi connectivity index (χ0n) is 14.7. The number of unbranched alkanes of at least 4 members (excludes halogenated alkanes) is 1. The van der Waals surface area contributed by atoms with Gasteiger partial charge < -0.3 is 9.47 Å². The summed E-state index contributed by atoms with van der Waals surface area (Å²) in [5.74, 6) is 1.02. The molecule has 24 heavy (non-hydrogen) atoms. The molecule has 0 radical (unpaired) electrons. The molecule has 0 amide bonds. The van der Waals surface area contributed by atoms with E-state index in [1.807, 2.05) is 27.7 Å². The minimum absolute atomic E-state index is 0.240. The monoisotopic (exact) mass is 334 g/mol. The molecule has 4 heteroatoms. The molecule has 0 aliphatic carbocycles. The molecule has 0 saturated heterocycles. The van der Waals surface area contributed by atoms with Crippen LogP contribution in [0.2, 0.25) is 0 Å². The van der Waals surface area contributed by atoms with E-state index in [2.05, 4.69) is 0 Å². The standard InChI is InChI=1S/C20H24F2O2/c1-13-9-17(21)10-14(2)19(13)23-7-5-6-8-24-20-15(3)11-18(22)12-16(20)4/h9-12H,5-8H2,1-4H3. The first kappa shape index (κ1) is 18.2. The first-order valence-electron chi connectivity index (χ1n) is 8.17. The molecular weight excluding hydrogens is 310 g/mol. The van der Waals surface area contributed by atoms with Crippen LogP contribution in [0.15, 0.2) is 24.3 Å². The van der Waals surface area contributed by atoms with Crippen molar-refractivity contribution in [3.8, 4) is 11.5 Å². The number of aryl methyl sites for hydroxylation is 4. The van der Waals surface area contributed by atoms with Crippen LogP contribution in [0.25, 0.3) is 0 Å². The number of hydrogen-bond donors (Lipinski definition) is 0. The van der Waals surface area contributed by atoms with E-state index in [1.54, 1.807) is 0 Å². The van der Waals surface area contributed by atoms with Gasteiger partial charge in [0.2, 0.25) is 0 Å². The molecule has 2 rings (SSSR count). The summed E-state index contributed by atoms with van der Waals surface area (Å²) in [7, 11) is 0. The van der Waals surface area contributed by atoms with Gasteiger partial charge in [-0.2, -0.15) is 0 Å². The van der Waals surface area contributed by atoms with Crippen LogP contribution in [0.5, 0.6) is 11.5 Å². The van der Waals surface area contributed by atoms with Gasteiger partial charge in [-0.15, -0.1) is 0 Å². The highest BCUT2D eigenvalue weighted by Gasteiger charge is 2.08. The average Bonchev–Trinajstić information content (AvgIpc) is 2.46. The molecule has 2 nitrogen and oxygen atoms in total. The van der Waals surface area contributed by atoms with E-state index >= 15 is 0 Å². The van der Waals surface area contributed by atoms with Crippen LogP contribution in [-0.2, 0) is 0 Å². The van der Waals surface area contributed by atoms with Crippen LogP contribution in [-0.4, -0.2) is 13.2 Å². The SMILES string of the molecule is Cc1cc(F)cc(C)c1OCCCCOc1c(C)cc(F)cc1C. The maximum absolute atomic E-state index is 13.3. The summed E-state index contributed by atoms with van der Waals surface area (Å²) < 4.78 is 38.0. The number of hydrogen-bond acceptors (Lipinski definition) is 2. The van der Waals surface area contributed by atoms with Gasteiger partial charge in [-0.3, -0.25) is 0 Å². The van der Waals surface area contributed by atoms with Crippen molar-refractivity contribution in [2.24, 2.45) is 0 Å². The molecule has 0 heterocycles. The molecule has 0 saturated carbocycles. The molecule has 0 spiro atoms. The third kappa shape index (κ3) is 4.70. The summed E-state index contributed by atoms with van der Waals surface area (Å²) in [6.07, 6.45) is 1.66. The van der Waals surface area contributed by atoms with Gasteiger partial charge in [0.1, 0.15) is 23.1 Å². The topological polar surface area (TPSA) is 18.5 Å². The summed E-state index contributed by atoms with van der Waals surface area (Å²) >= 11 is 0. The van der Waals surface area contributed by atoms with Crippen LogP contribution in [0.3, 0.4) is 0 Å². The fourth-order valence-electron chi connectivity index (χ4n) is 2.80. The van der Waals surface area contributed by atoms with Crippen LogP contribution >= 0.6 is 0 Å². The quantitative estimate of drug-likeness (QED) is 0.628. The van der Waals surface area contributed by atoms with Gasteiger partial charge in [-0.05, 0) is 87.1 Å². The first-order valence-corrected chi connectivity index (χ1v) is 8.17. The second-order valence-corrected chi connectivity index (χ2v) is 6.14. The Morgan fingerprint density at radius 3 is 1.21 bits per heavy atom. The van der Waals surface area contributed by atoms with E-state index in [0.29, 0.717) is 13.2 Å². The van der Waals surface area contributed by atoms with Crippen LogP contribution in [0.1, 0.15) is 35.1 Å². The molecule has 2 aromatic carbocycles. The van der Waals surface area contributed by atoms with Gasteiger partial charge in [0.15, 0.2) is 0 Å². The van der Waals surface area contributed by atoms with Gasteiger partial charge >= 0.3 is 0 Å². The van der Waals surface area contributed by atoms with Crippen molar-refractivity contribution in [1.82, 2.24) is 0 Å². The van der Waals surface area contributed by atoms with Crippen LogP contribution in [0.4, 0.5) is 8.78 Å². The van der Waals surface area contributed by atoms with Gasteiger partial charge in [0, 0.05) is 0 Å². The van der Waals surface area contributed by atoms with Crippen molar-refractivity contribution >= 4 is 0 Å². The second-order valence-electron chi connectivity index (χ2n) is 6.14. The molecule has 0 aromatic heterocycles. The van der Waals surface area contributed by atoms with Gasteiger partial charge in [0.05, 0.1) is 13.2 Å². The third-order valence-electron chi connectivity index (χ3n) is 3.88. The fourth-order valence-corrected chi connectivity index (χ4v) is 2.80. The van der Waals surface area contributed by atoms with Crippen molar-refractivity contribution < 1.29 is 18.3 Å².